The van der Waals surface area contributed by atoms with Crippen LogP contribution < -0.4 is 0 Å². The van der Waals surface area contributed by atoms with Gasteiger partial charge in [0.1, 0.15) is 5.82 Å². The van der Waals surface area contributed by atoms with Gasteiger partial charge < -0.3 is 4.74 Å². The van der Waals surface area contributed by atoms with Gasteiger partial charge in [0, 0.05) is 6.20 Å². The molecule has 17 heavy (non-hydrogen) atoms. The number of pyridine rings is 1. The van der Waals surface area contributed by atoms with Gasteiger partial charge in [-0.3, -0.25) is 9.20 Å². The van der Waals surface area contributed by atoms with Crippen LogP contribution in [0, 0.1) is 13.8 Å². The van der Waals surface area contributed by atoms with Crippen LogP contribution >= 0.6 is 0 Å². The van der Waals surface area contributed by atoms with E-state index in [1.165, 1.54) is 7.11 Å². The molecule has 0 radical (unpaired) electrons. The Balaban J connectivity index is 2.55. The van der Waals surface area contributed by atoms with Crippen LogP contribution in [-0.4, -0.2) is 27.7 Å². The summed E-state index contributed by atoms with van der Waals surface area (Å²) < 4.78 is 6.66. The number of ether oxygens (including phenoxy) is 1. The summed E-state index contributed by atoms with van der Waals surface area (Å²) in [5.74, 6) is 0.302. The van der Waals surface area contributed by atoms with E-state index in [4.69, 9.17) is 4.74 Å². The SMILES string of the molecule is COC(=O)[C@@H](C)c1cc2nnc(C)n2cc1C. The first kappa shape index (κ1) is 11.6. The van der Waals surface area contributed by atoms with Crippen molar-refractivity contribution in [2.24, 2.45) is 0 Å². The highest BCUT2D eigenvalue weighted by Gasteiger charge is 2.19. The molecule has 5 nitrogen and oxygen atoms in total. The van der Waals surface area contributed by atoms with Crippen LogP contribution in [0.1, 0.15) is 29.8 Å². The average Bonchev–Trinajstić information content (AvgIpc) is 2.68. The quantitative estimate of drug-likeness (QED) is 0.740. The molecule has 0 N–H and O–H groups in total. The van der Waals surface area contributed by atoms with Gasteiger partial charge in [-0.2, -0.15) is 0 Å². The maximum absolute atomic E-state index is 11.5. The number of methoxy groups -OCH3 is 1. The fourth-order valence-electron chi connectivity index (χ4n) is 1.94. The van der Waals surface area contributed by atoms with E-state index in [0.29, 0.717) is 0 Å². The van der Waals surface area contributed by atoms with Gasteiger partial charge >= 0.3 is 5.97 Å². The zero-order valence-electron chi connectivity index (χ0n) is 10.4. The Labute approximate surface area is 99.4 Å². The van der Waals surface area contributed by atoms with Crippen LogP contribution in [0.25, 0.3) is 5.65 Å². The van der Waals surface area contributed by atoms with E-state index in [9.17, 15) is 4.79 Å². The predicted octanol–water partition coefficient (Wildman–Crippen LogP) is 1.62. The van der Waals surface area contributed by atoms with Gasteiger partial charge in [0.2, 0.25) is 0 Å². The molecule has 2 aromatic rings. The molecule has 2 aromatic heterocycles. The number of rotatable bonds is 2. The zero-order valence-corrected chi connectivity index (χ0v) is 10.4. The first-order valence-electron chi connectivity index (χ1n) is 5.44. The van der Waals surface area contributed by atoms with Crippen molar-refractivity contribution in [1.29, 1.82) is 0 Å². The lowest BCUT2D eigenvalue weighted by molar-refractivity contribution is -0.142. The Morgan fingerprint density at radius 1 is 1.41 bits per heavy atom. The number of carbonyl (C=O) groups excluding carboxylic acids is 1. The third kappa shape index (κ3) is 1.88. The van der Waals surface area contributed by atoms with E-state index in [2.05, 4.69) is 10.2 Å². The highest BCUT2D eigenvalue weighted by Crippen LogP contribution is 2.22. The smallest absolute Gasteiger partial charge is 0.312 e. The Bertz CT molecular complexity index is 574. The van der Waals surface area contributed by atoms with Crippen molar-refractivity contribution < 1.29 is 9.53 Å². The Hall–Kier alpha value is -1.91. The van der Waals surface area contributed by atoms with Crippen molar-refractivity contribution in [3.63, 3.8) is 0 Å². The highest BCUT2D eigenvalue weighted by molar-refractivity contribution is 5.78. The molecule has 0 unspecified atom stereocenters. The van der Waals surface area contributed by atoms with E-state index in [-0.39, 0.29) is 11.9 Å². The second kappa shape index (κ2) is 4.16. The molecule has 0 aliphatic heterocycles. The van der Waals surface area contributed by atoms with E-state index in [1.54, 1.807) is 0 Å². The zero-order chi connectivity index (χ0) is 12.6. The van der Waals surface area contributed by atoms with Gasteiger partial charge in [0.15, 0.2) is 5.65 Å². The number of hydrogen-bond donors (Lipinski definition) is 0. The number of hydrogen-bond acceptors (Lipinski definition) is 4. The molecule has 0 bridgehead atoms. The van der Waals surface area contributed by atoms with Gasteiger partial charge in [-0.1, -0.05) is 0 Å². The summed E-state index contributed by atoms with van der Waals surface area (Å²) in [4.78, 5) is 11.5. The largest absolute Gasteiger partial charge is 0.469 e. The Kier molecular flexibility index (Phi) is 2.83. The number of esters is 1. The van der Waals surface area contributed by atoms with Crippen molar-refractivity contribution in [1.82, 2.24) is 14.6 Å². The fourth-order valence-corrected chi connectivity index (χ4v) is 1.94. The average molecular weight is 233 g/mol. The molecular weight excluding hydrogens is 218 g/mol. The second-order valence-corrected chi connectivity index (χ2v) is 4.13. The summed E-state index contributed by atoms with van der Waals surface area (Å²) in [6.07, 6.45) is 1.94. The van der Waals surface area contributed by atoms with Crippen molar-refractivity contribution in [2.45, 2.75) is 26.7 Å². The molecule has 5 heteroatoms. The monoisotopic (exact) mass is 233 g/mol. The summed E-state index contributed by atoms with van der Waals surface area (Å²) in [6, 6.07) is 1.89. The van der Waals surface area contributed by atoms with Crippen LogP contribution in [0.3, 0.4) is 0 Å². The lowest BCUT2D eigenvalue weighted by Crippen LogP contribution is -2.12. The highest BCUT2D eigenvalue weighted by atomic mass is 16.5. The minimum atomic E-state index is -0.290. The lowest BCUT2D eigenvalue weighted by Gasteiger charge is -2.12. The first-order valence-corrected chi connectivity index (χ1v) is 5.44. The number of nitrogens with zero attached hydrogens (tertiary/aromatic N) is 3. The van der Waals surface area contributed by atoms with Crippen LogP contribution in [0.2, 0.25) is 0 Å². The molecule has 2 heterocycles. The Morgan fingerprint density at radius 3 is 2.76 bits per heavy atom. The maximum atomic E-state index is 11.5. The topological polar surface area (TPSA) is 56.5 Å². The van der Waals surface area contributed by atoms with Crippen LogP contribution in [-0.2, 0) is 9.53 Å². The van der Waals surface area contributed by atoms with Gasteiger partial charge in [-0.25, -0.2) is 0 Å². The van der Waals surface area contributed by atoms with Gasteiger partial charge in [-0.05, 0) is 38.0 Å². The summed E-state index contributed by atoms with van der Waals surface area (Å²) in [6.45, 7) is 5.68. The predicted molar refractivity (Wildman–Crippen MR) is 62.9 cm³/mol. The van der Waals surface area contributed by atoms with Gasteiger partial charge in [0.25, 0.3) is 0 Å². The lowest BCUT2D eigenvalue weighted by atomic mass is 9.98. The molecule has 0 aliphatic rings. The van der Waals surface area contributed by atoms with E-state index < -0.39 is 0 Å². The molecule has 1 atom stereocenters. The summed E-state index contributed by atoms with van der Waals surface area (Å²) in [5, 5.41) is 8.05. The molecule has 2 rings (SSSR count). The molecule has 0 fully saturated rings. The van der Waals surface area contributed by atoms with Gasteiger partial charge in [-0.15, -0.1) is 10.2 Å². The standard InChI is InChI=1S/C12H15N3O2/c1-7-6-15-9(3)13-14-11(15)5-10(7)8(2)12(16)17-4/h5-6,8H,1-4H3/t8-/m0/s1. The Morgan fingerprint density at radius 2 is 2.12 bits per heavy atom. The van der Waals surface area contributed by atoms with Gasteiger partial charge in [0.05, 0.1) is 13.0 Å². The van der Waals surface area contributed by atoms with Crippen molar-refractivity contribution in [3.8, 4) is 0 Å². The molecule has 0 aromatic carbocycles. The maximum Gasteiger partial charge on any atom is 0.312 e. The molecule has 0 spiro atoms. The molecular formula is C12H15N3O2. The minimum Gasteiger partial charge on any atom is -0.469 e. The van der Waals surface area contributed by atoms with Crippen LogP contribution in [0.4, 0.5) is 0 Å². The number of carbonyl (C=O) groups is 1. The van der Waals surface area contributed by atoms with E-state index in [1.807, 2.05) is 37.4 Å². The normalized spacial score (nSPS) is 12.7. The molecule has 0 saturated heterocycles. The molecule has 0 saturated carbocycles. The van der Waals surface area contributed by atoms with E-state index in [0.717, 1.165) is 22.6 Å². The third-order valence-electron chi connectivity index (χ3n) is 2.98. The second-order valence-electron chi connectivity index (χ2n) is 4.13. The van der Waals surface area contributed by atoms with Crippen molar-refractivity contribution in [2.75, 3.05) is 7.11 Å². The molecule has 90 valence electrons. The summed E-state index contributed by atoms with van der Waals surface area (Å²) >= 11 is 0. The van der Waals surface area contributed by atoms with Crippen molar-refractivity contribution >= 4 is 11.6 Å². The number of fused-ring (bicyclic) bond motifs is 1. The van der Waals surface area contributed by atoms with Crippen LogP contribution in [0.15, 0.2) is 12.3 Å². The molecule has 0 amide bonds. The fraction of sp³-hybridized carbons (Fsp3) is 0.417. The van der Waals surface area contributed by atoms with Crippen LogP contribution in [0.5, 0.6) is 0 Å². The van der Waals surface area contributed by atoms with E-state index >= 15 is 0 Å². The number of aromatic nitrogens is 3. The minimum absolute atomic E-state index is 0.242. The first-order chi connectivity index (χ1) is 8.04. The number of aryl methyl sites for hydroxylation is 2. The summed E-state index contributed by atoms with van der Waals surface area (Å²) in [7, 11) is 1.40. The van der Waals surface area contributed by atoms with Crippen molar-refractivity contribution in [3.05, 3.63) is 29.2 Å². The molecule has 0 aliphatic carbocycles. The summed E-state index contributed by atoms with van der Waals surface area (Å²) in [5.41, 5.74) is 2.70. The third-order valence-corrected chi connectivity index (χ3v) is 2.98.